The zero-order valence-electron chi connectivity index (χ0n) is 16.0. The quantitative estimate of drug-likeness (QED) is 0.744. The molecule has 1 aliphatic heterocycles. The summed E-state index contributed by atoms with van der Waals surface area (Å²) in [5, 5.41) is 0. The standard InChI is InChI=1S/C19H27N3O4S/c1-21-10-6-7-16(21)17(22-11-4-5-12-22)14-20-27(23,24)19-9-8-15(25-2)13-18(19)26-3/h6-10,13,17,20H,4-5,11-12,14H2,1-3H3. The van der Waals surface area contributed by atoms with E-state index in [-0.39, 0.29) is 16.7 Å². The minimum absolute atomic E-state index is 0.00785. The third-order valence-electron chi connectivity index (χ3n) is 5.03. The summed E-state index contributed by atoms with van der Waals surface area (Å²) in [5.41, 5.74) is 1.10. The molecular weight excluding hydrogens is 366 g/mol. The van der Waals surface area contributed by atoms with Gasteiger partial charge in [-0.15, -0.1) is 0 Å². The molecule has 1 atom stereocenters. The van der Waals surface area contributed by atoms with Crippen molar-refractivity contribution in [3.63, 3.8) is 0 Å². The van der Waals surface area contributed by atoms with E-state index in [9.17, 15) is 8.42 Å². The fraction of sp³-hybridized carbons (Fsp3) is 0.474. The van der Waals surface area contributed by atoms with Gasteiger partial charge in [-0.2, -0.15) is 0 Å². The molecule has 148 valence electrons. The number of hydrogen-bond donors (Lipinski definition) is 1. The van der Waals surface area contributed by atoms with Crippen molar-refractivity contribution in [2.24, 2.45) is 7.05 Å². The maximum absolute atomic E-state index is 12.9. The van der Waals surface area contributed by atoms with E-state index >= 15 is 0 Å². The molecule has 1 N–H and O–H groups in total. The van der Waals surface area contributed by atoms with E-state index in [1.54, 1.807) is 12.1 Å². The van der Waals surface area contributed by atoms with Crippen LogP contribution in [0.1, 0.15) is 24.6 Å². The van der Waals surface area contributed by atoms with Crippen LogP contribution in [0.15, 0.2) is 41.4 Å². The van der Waals surface area contributed by atoms with Crippen LogP contribution in [0.3, 0.4) is 0 Å². The van der Waals surface area contributed by atoms with Crippen molar-refractivity contribution in [1.82, 2.24) is 14.2 Å². The van der Waals surface area contributed by atoms with Crippen LogP contribution in [-0.2, 0) is 17.1 Å². The number of nitrogens with zero attached hydrogens (tertiary/aromatic N) is 2. The normalized spacial score (nSPS) is 16.4. The minimum Gasteiger partial charge on any atom is -0.497 e. The van der Waals surface area contributed by atoms with Gasteiger partial charge < -0.3 is 14.0 Å². The van der Waals surface area contributed by atoms with Crippen LogP contribution in [0.5, 0.6) is 11.5 Å². The summed E-state index contributed by atoms with van der Waals surface area (Å²) in [7, 11) is 1.24. The molecule has 0 spiro atoms. The van der Waals surface area contributed by atoms with Gasteiger partial charge in [-0.25, -0.2) is 13.1 Å². The first-order chi connectivity index (χ1) is 13.0. The van der Waals surface area contributed by atoms with Crippen molar-refractivity contribution in [1.29, 1.82) is 0 Å². The monoisotopic (exact) mass is 393 g/mol. The lowest BCUT2D eigenvalue weighted by atomic mass is 10.2. The summed E-state index contributed by atoms with van der Waals surface area (Å²) in [6.45, 7) is 2.25. The van der Waals surface area contributed by atoms with Gasteiger partial charge >= 0.3 is 0 Å². The molecule has 27 heavy (non-hydrogen) atoms. The number of aryl methyl sites for hydroxylation is 1. The minimum atomic E-state index is -3.72. The molecule has 0 radical (unpaired) electrons. The fourth-order valence-corrected chi connectivity index (χ4v) is 4.74. The van der Waals surface area contributed by atoms with Crippen molar-refractivity contribution in [2.45, 2.75) is 23.8 Å². The summed E-state index contributed by atoms with van der Waals surface area (Å²) in [4.78, 5) is 2.45. The second kappa shape index (κ2) is 8.33. The Balaban J connectivity index is 1.83. The number of likely N-dealkylation sites (tertiary alicyclic amines) is 1. The average molecular weight is 394 g/mol. The second-order valence-electron chi connectivity index (χ2n) is 6.67. The molecule has 1 aliphatic rings. The SMILES string of the molecule is COc1ccc(S(=O)(=O)NCC(c2cccn2C)N2CCCC2)c(OC)c1. The van der Waals surface area contributed by atoms with E-state index in [0.717, 1.165) is 31.6 Å². The Hall–Kier alpha value is -2.03. The summed E-state index contributed by atoms with van der Waals surface area (Å²) < 4.78 is 41.1. The molecule has 1 saturated heterocycles. The number of hydrogen-bond acceptors (Lipinski definition) is 5. The third kappa shape index (κ3) is 4.28. The van der Waals surface area contributed by atoms with Gasteiger partial charge in [-0.05, 0) is 50.2 Å². The van der Waals surface area contributed by atoms with Gasteiger partial charge in [0, 0.05) is 31.5 Å². The van der Waals surface area contributed by atoms with Crippen LogP contribution >= 0.6 is 0 Å². The van der Waals surface area contributed by atoms with Crippen molar-refractivity contribution in [3.8, 4) is 11.5 Å². The van der Waals surface area contributed by atoms with E-state index < -0.39 is 10.0 Å². The number of aromatic nitrogens is 1. The first-order valence-electron chi connectivity index (χ1n) is 9.03. The molecule has 8 heteroatoms. The van der Waals surface area contributed by atoms with E-state index in [4.69, 9.17) is 9.47 Å². The van der Waals surface area contributed by atoms with Crippen LogP contribution < -0.4 is 14.2 Å². The Labute approximate surface area is 160 Å². The van der Waals surface area contributed by atoms with Crippen LogP contribution in [0.25, 0.3) is 0 Å². The summed E-state index contributed by atoms with van der Waals surface area (Å²) in [6.07, 6.45) is 4.26. The van der Waals surface area contributed by atoms with Crippen LogP contribution in [0.4, 0.5) is 0 Å². The first kappa shape index (κ1) is 19.7. The Bertz CT molecular complexity index is 873. The van der Waals surface area contributed by atoms with Gasteiger partial charge in [-0.3, -0.25) is 4.90 Å². The van der Waals surface area contributed by atoms with Gasteiger partial charge in [0.2, 0.25) is 10.0 Å². The highest BCUT2D eigenvalue weighted by atomic mass is 32.2. The molecule has 1 unspecified atom stereocenters. The predicted molar refractivity (Wildman–Crippen MR) is 104 cm³/mol. The maximum atomic E-state index is 12.9. The molecule has 0 bridgehead atoms. The number of rotatable bonds is 8. The molecule has 0 aliphatic carbocycles. The van der Waals surface area contributed by atoms with E-state index in [1.165, 1.54) is 20.3 Å². The topological polar surface area (TPSA) is 72.8 Å². The molecule has 0 amide bonds. The second-order valence-corrected chi connectivity index (χ2v) is 8.41. The van der Waals surface area contributed by atoms with Gasteiger partial charge in [0.25, 0.3) is 0 Å². The molecular formula is C19H27N3O4S. The summed E-state index contributed by atoms with van der Waals surface area (Å²) in [6, 6.07) is 8.72. The van der Waals surface area contributed by atoms with Gasteiger partial charge in [0.15, 0.2) is 0 Å². The molecule has 1 aromatic carbocycles. The lowest BCUT2D eigenvalue weighted by molar-refractivity contribution is 0.238. The maximum Gasteiger partial charge on any atom is 0.244 e. The molecule has 2 heterocycles. The predicted octanol–water partition coefficient (Wildman–Crippen LogP) is 2.16. The van der Waals surface area contributed by atoms with Crippen LogP contribution in [0.2, 0.25) is 0 Å². The van der Waals surface area contributed by atoms with Gasteiger partial charge in [0.1, 0.15) is 16.4 Å². The zero-order valence-corrected chi connectivity index (χ0v) is 16.8. The van der Waals surface area contributed by atoms with E-state index in [0.29, 0.717) is 12.3 Å². The number of benzene rings is 1. The van der Waals surface area contributed by atoms with Gasteiger partial charge in [0.05, 0.1) is 20.3 Å². The third-order valence-corrected chi connectivity index (χ3v) is 6.50. The molecule has 7 nitrogen and oxygen atoms in total. The molecule has 1 fully saturated rings. The van der Waals surface area contributed by atoms with Crippen LogP contribution in [0, 0.1) is 0 Å². The van der Waals surface area contributed by atoms with Crippen molar-refractivity contribution in [3.05, 3.63) is 42.2 Å². The fourth-order valence-electron chi connectivity index (χ4n) is 3.56. The highest BCUT2D eigenvalue weighted by Crippen LogP contribution is 2.29. The largest absolute Gasteiger partial charge is 0.497 e. The lowest BCUT2D eigenvalue weighted by Crippen LogP contribution is -2.37. The van der Waals surface area contributed by atoms with E-state index in [1.807, 2.05) is 29.9 Å². The first-order valence-corrected chi connectivity index (χ1v) is 10.5. The Kier molecular flexibility index (Phi) is 6.08. The Morgan fingerprint density at radius 2 is 1.89 bits per heavy atom. The molecule has 2 aromatic rings. The van der Waals surface area contributed by atoms with Crippen molar-refractivity contribution in [2.75, 3.05) is 33.9 Å². The summed E-state index contributed by atoms with van der Waals surface area (Å²) in [5.74, 6) is 0.808. The smallest absolute Gasteiger partial charge is 0.244 e. The molecule has 3 rings (SSSR count). The highest BCUT2D eigenvalue weighted by Gasteiger charge is 2.28. The number of methoxy groups -OCH3 is 2. The zero-order chi connectivity index (χ0) is 19.4. The van der Waals surface area contributed by atoms with Crippen molar-refractivity contribution < 1.29 is 17.9 Å². The summed E-state index contributed by atoms with van der Waals surface area (Å²) >= 11 is 0. The molecule has 1 aromatic heterocycles. The Morgan fingerprint density at radius 3 is 2.48 bits per heavy atom. The average Bonchev–Trinajstić information content (AvgIpc) is 3.34. The number of sulfonamides is 1. The Morgan fingerprint density at radius 1 is 1.15 bits per heavy atom. The number of nitrogens with one attached hydrogen (secondary N) is 1. The molecule has 0 saturated carbocycles. The highest BCUT2D eigenvalue weighted by molar-refractivity contribution is 7.89. The van der Waals surface area contributed by atoms with Crippen molar-refractivity contribution >= 4 is 10.0 Å². The van der Waals surface area contributed by atoms with Gasteiger partial charge in [-0.1, -0.05) is 0 Å². The van der Waals surface area contributed by atoms with E-state index in [2.05, 4.69) is 9.62 Å². The van der Waals surface area contributed by atoms with Crippen LogP contribution in [-0.4, -0.2) is 51.7 Å². The lowest BCUT2D eigenvalue weighted by Gasteiger charge is -2.28. The number of ether oxygens (including phenoxy) is 2.